The summed E-state index contributed by atoms with van der Waals surface area (Å²) in [6.45, 7) is 5.28. The van der Waals surface area contributed by atoms with Gasteiger partial charge in [0.2, 0.25) is 0 Å². The Morgan fingerprint density at radius 1 is 0.882 bits per heavy atom. The van der Waals surface area contributed by atoms with Crippen LogP contribution in [0.4, 0.5) is 5.69 Å². The van der Waals surface area contributed by atoms with Crippen molar-refractivity contribution in [3.63, 3.8) is 0 Å². The highest BCUT2D eigenvalue weighted by Gasteiger charge is 2.26. The molecule has 0 unspecified atom stereocenters. The van der Waals surface area contributed by atoms with Gasteiger partial charge in [0.15, 0.2) is 11.5 Å². The van der Waals surface area contributed by atoms with E-state index in [9.17, 15) is 4.79 Å². The normalized spacial score (nSPS) is 16.4. The lowest BCUT2D eigenvalue weighted by molar-refractivity contribution is 0.0983. The zero-order chi connectivity index (χ0) is 23.5. The fourth-order valence-corrected chi connectivity index (χ4v) is 4.92. The van der Waals surface area contributed by atoms with Crippen LogP contribution in [0.25, 0.3) is 11.1 Å². The fraction of sp³-hybridized carbons (Fsp3) is 0.370. The van der Waals surface area contributed by atoms with Gasteiger partial charge >= 0.3 is 0 Å². The summed E-state index contributed by atoms with van der Waals surface area (Å²) in [5, 5.41) is 0.698. The van der Waals surface area contributed by atoms with Crippen LogP contribution in [0.15, 0.2) is 54.7 Å². The van der Waals surface area contributed by atoms with E-state index < -0.39 is 0 Å². The lowest BCUT2D eigenvalue weighted by Crippen LogP contribution is -2.31. The van der Waals surface area contributed by atoms with Crippen LogP contribution >= 0.6 is 11.6 Å². The van der Waals surface area contributed by atoms with Gasteiger partial charge in [-0.15, -0.1) is 0 Å². The first kappa shape index (κ1) is 22.8. The lowest BCUT2D eigenvalue weighted by atomic mass is 10.1. The minimum Gasteiger partial charge on any atom is -0.493 e. The van der Waals surface area contributed by atoms with Gasteiger partial charge in [-0.2, -0.15) is 0 Å². The van der Waals surface area contributed by atoms with Crippen molar-refractivity contribution < 1.29 is 14.3 Å². The van der Waals surface area contributed by atoms with Gasteiger partial charge in [0.05, 0.1) is 7.11 Å². The van der Waals surface area contributed by atoms with Gasteiger partial charge in [-0.25, -0.2) is 0 Å². The van der Waals surface area contributed by atoms with Crippen molar-refractivity contribution in [1.29, 1.82) is 0 Å². The third kappa shape index (κ3) is 4.79. The number of anilines is 1. The Labute approximate surface area is 205 Å². The summed E-state index contributed by atoms with van der Waals surface area (Å²) in [7, 11) is 1.64. The van der Waals surface area contributed by atoms with Crippen molar-refractivity contribution in [2.75, 3.05) is 44.8 Å². The fourth-order valence-electron chi connectivity index (χ4n) is 4.79. The Kier molecular flexibility index (Phi) is 6.79. The number of nitrogens with zero attached hydrogens (tertiary/aromatic N) is 3. The number of aromatic nitrogens is 1. The maximum absolute atomic E-state index is 13.5. The monoisotopic (exact) mass is 479 g/mol. The van der Waals surface area contributed by atoms with E-state index in [1.54, 1.807) is 7.11 Å². The smallest absolute Gasteiger partial charge is 0.274 e. The van der Waals surface area contributed by atoms with Gasteiger partial charge in [0.1, 0.15) is 12.3 Å². The predicted octanol–water partition coefficient (Wildman–Crippen LogP) is 5.34. The summed E-state index contributed by atoms with van der Waals surface area (Å²) in [4.78, 5) is 17.8. The van der Waals surface area contributed by atoms with Crippen LogP contribution in [0.2, 0.25) is 5.02 Å². The molecule has 2 aromatic carbocycles. The molecule has 3 aromatic rings. The number of rotatable bonds is 7. The number of hydrogen-bond donors (Lipinski definition) is 0. The molecule has 7 heteroatoms. The number of halogens is 1. The minimum atomic E-state index is -0.0116. The van der Waals surface area contributed by atoms with Crippen LogP contribution in [-0.4, -0.2) is 55.3 Å². The van der Waals surface area contributed by atoms with Crippen molar-refractivity contribution in [2.24, 2.45) is 0 Å². The topological polar surface area (TPSA) is 46.9 Å². The van der Waals surface area contributed by atoms with Gasteiger partial charge in [-0.3, -0.25) is 9.69 Å². The van der Waals surface area contributed by atoms with Gasteiger partial charge in [0.25, 0.3) is 5.91 Å². The van der Waals surface area contributed by atoms with E-state index in [0.29, 0.717) is 35.4 Å². The number of amides is 1. The molecule has 6 nitrogen and oxygen atoms in total. The largest absolute Gasteiger partial charge is 0.493 e. The molecule has 0 aliphatic carbocycles. The van der Waals surface area contributed by atoms with Crippen molar-refractivity contribution in [3.05, 3.63) is 65.4 Å². The average Bonchev–Trinajstić information content (AvgIpc) is 3.50. The van der Waals surface area contributed by atoms with Crippen molar-refractivity contribution >= 4 is 23.2 Å². The molecule has 34 heavy (non-hydrogen) atoms. The molecule has 0 atom stereocenters. The molecule has 178 valence electrons. The molecule has 3 heterocycles. The molecule has 1 saturated heterocycles. The van der Waals surface area contributed by atoms with E-state index in [1.807, 2.05) is 53.4 Å². The summed E-state index contributed by atoms with van der Waals surface area (Å²) in [5.74, 6) is 1.34. The number of benzene rings is 2. The Balaban J connectivity index is 1.34. The first-order valence-electron chi connectivity index (χ1n) is 11.9. The second kappa shape index (κ2) is 10.1. The van der Waals surface area contributed by atoms with E-state index >= 15 is 0 Å². The minimum absolute atomic E-state index is 0.0116. The van der Waals surface area contributed by atoms with Crippen LogP contribution in [-0.2, 0) is 6.54 Å². The zero-order valence-electron chi connectivity index (χ0n) is 19.5. The molecule has 0 N–H and O–H groups in total. The standard InChI is InChI=1S/C27H30ClN3O3/c1-33-26-18-23(9-10-25(26)34-16-15-29-11-2-3-12-29)31-14-4-13-30-19-21(17-24(30)27(31)32)20-5-7-22(28)8-6-20/h5-10,17-19H,2-4,11-16H2,1H3. The molecule has 1 amide bonds. The third-order valence-electron chi connectivity index (χ3n) is 6.64. The van der Waals surface area contributed by atoms with Crippen molar-refractivity contribution in [1.82, 2.24) is 9.47 Å². The Morgan fingerprint density at radius 2 is 1.68 bits per heavy atom. The molecule has 0 spiro atoms. The first-order chi connectivity index (χ1) is 16.6. The highest BCUT2D eigenvalue weighted by Crippen LogP contribution is 2.34. The maximum Gasteiger partial charge on any atom is 0.274 e. The number of hydrogen-bond acceptors (Lipinski definition) is 4. The summed E-state index contributed by atoms with van der Waals surface area (Å²) in [6, 6.07) is 15.4. The number of ether oxygens (including phenoxy) is 2. The molecule has 0 radical (unpaired) electrons. The van der Waals surface area contributed by atoms with Gasteiger partial charge in [0, 0.05) is 48.2 Å². The quantitative estimate of drug-likeness (QED) is 0.458. The molecular weight excluding hydrogens is 450 g/mol. The van der Waals surface area contributed by atoms with E-state index in [4.69, 9.17) is 21.1 Å². The summed E-state index contributed by atoms with van der Waals surface area (Å²) in [5.41, 5.74) is 3.56. The zero-order valence-corrected chi connectivity index (χ0v) is 20.3. The number of methoxy groups -OCH3 is 1. The average molecular weight is 480 g/mol. The number of carbonyl (C=O) groups excluding carboxylic acids is 1. The SMILES string of the molecule is COc1cc(N2CCCn3cc(-c4ccc(Cl)cc4)cc3C2=O)ccc1OCCN1CCCC1. The second-order valence-electron chi connectivity index (χ2n) is 8.86. The molecule has 0 saturated carbocycles. The van der Waals surface area contributed by atoms with E-state index in [2.05, 4.69) is 15.7 Å². The number of carbonyl (C=O) groups is 1. The van der Waals surface area contributed by atoms with Crippen LogP contribution < -0.4 is 14.4 Å². The van der Waals surface area contributed by atoms with Crippen molar-refractivity contribution in [3.8, 4) is 22.6 Å². The molecule has 2 aliphatic heterocycles. The summed E-state index contributed by atoms with van der Waals surface area (Å²) < 4.78 is 13.7. The number of fused-ring (bicyclic) bond motifs is 1. The molecule has 0 bridgehead atoms. The van der Waals surface area contributed by atoms with Crippen LogP contribution in [0.3, 0.4) is 0 Å². The Morgan fingerprint density at radius 3 is 2.44 bits per heavy atom. The summed E-state index contributed by atoms with van der Waals surface area (Å²) >= 11 is 6.04. The molecule has 1 fully saturated rings. The predicted molar refractivity (Wildman–Crippen MR) is 135 cm³/mol. The van der Waals surface area contributed by atoms with Gasteiger partial charge in [-0.05, 0) is 68.2 Å². The van der Waals surface area contributed by atoms with Crippen LogP contribution in [0.5, 0.6) is 11.5 Å². The Hall–Kier alpha value is -2.96. The second-order valence-corrected chi connectivity index (χ2v) is 9.29. The molecule has 2 aliphatic rings. The van der Waals surface area contributed by atoms with Crippen molar-refractivity contribution in [2.45, 2.75) is 25.8 Å². The number of aryl methyl sites for hydroxylation is 1. The van der Waals surface area contributed by atoms with E-state index in [1.165, 1.54) is 12.8 Å². The van der Waals surface area contributed by atoms with Crippen LogP contribution in [0, 0.1) is 0 Å². The molecular formula is C27H30ClN3O3. The first-order valence-corrected chi connectivity index (χ1v) is 12.3. The highest BCUT2D eigenvalue weighted by molar-refractivity contribution is 6.30. The van der Waals surface area contributed by atoms with Crippen LogP contribution in [0.1, 0.15) is 29.8 Å². The van der Waals surface area contributed by atoms with E-state index in [-0.39, 0.29) is 5.91 Å². The maximum atomic E-state index is 13.5. The Bertz CT molecular complexity index is 1150. The third-order valence-corrected chi connectivity index (χ3v) is 6.89. The van der Waals surface area contributed by atoms with E-state index in [0.717, 1.165) is 49.4 Å². The van der Waals surface area contributed by atoms with Gasteiger partial charge < -0.3 is 18.9 Å². The summed E-state index contributed by atoms with van der Waals surface area (Å²) in [6.07, 6.45) is 5.46. The number of likely N-dealkylation sites (tertiary alicyclic amines) is 1. The molecule has 1 aromatic heterocycles. The highest BCUT2D eigenvalue weighted by atomic mass is 35.5. The van der Waals surface area contributed by atoms with Gasteiger partial charge in [-0.1, -0.05) is 23.7 Å². The molecule has 5 rings (SSSR count). The lowest BCUT2D eigenvalue weighted by Gasteiger charge is -2.22.